The third-order valence-corrected chi connectivity index (χ3v) is 3.38. The average molecular weight is 308 g/mol. The molecule has 1 aromatic carbocycles. The molecule has 0 aliphatic rings. The molecule has 1 aromatic heterocycles. The third-order valence-electron chi connectivity index (χ3n) is 2.52. The summed E-state index contributed by atoms with van der Waals surface area (Å²) in [4.78, 5) is 8.45. The minimum Gasteiger partial charge on any atom is -0.340 e. The highest BCUT2D eigenvalue weighted by Gasteiger charge is 2.05. The molecule has 5 nitrogen and oxygen atoms in total. The molecule has 0 unspecified atom stereocenters. The van der Waals surface area contributed by atoms with Crippen molar-refractivity contribution in [2.45, 2.75) is 13.8 Å². The van der Waals surface area contributed by atoms with Gasteiger partial charge in [-0.25, -0.2) is 15.8 Å². The van der Waals surface area contributed by atoms with Crippen LogP contribution in [-0.2, 0) is 0 Å². The smallest absolute Gasteiger partial charge is 0.145 e. The van der Waals surface area contributed by atoms with Crippen molar-refractivity contribution in [3.05, 3.63) is 40.1 Å². The largest absolute Gasteiger partial charge is 0.340 e. The number of halogens is 1. The molecule has 0 fully saturated rings. The van der Waals surface area contributed by atoms with Gasteiger partial charge in [0.25, 0.3) is 0 Å². The van der Waals surface area contributed by atoms with E-state index < -0.39 is 0 Å². The molecule has 0 bridgehead atoms. The Kier molecular flexibility index (Phi) is 3.78. The second-order valence-corrected chi connectivity index (χ2v) is 4.72. The van der Waals surface area contributed by atoms with Crippen LogP contribution in [0.3, 0.4) is 0 Å². The van der Waals surface area contributed by atoms with Crippen molar-refractivity contribution in [2.75, 3.05) is 10.7 Å². The number of aromatic nitrogens is 2. The molecular weight excluding hydrogens is 294 g/mol. The molecule has 2 aromatic rings. The molecule has 0 saturated carbocycles. The standard InChI is InChI=1S/C12H14BrN5/c1-7-9(13)4-3-5-10(7)17-11-6-12(18-14)16-8(2)15-11/h3-6H,14H2,1-2H3,(H2,15,16,17,18). The zero-order valence-corrected chi connectivity index (χ0v) is 11.7. The van der Waals surface area contributed by atoms with Crippen LogP contribution in [0.4, 0.5) is 17.3 Å². The summed E-state index contributed by atoms with van der Waals surface area (Å²) < 4.78 is 1.05. The Hall–Kier alpha value is -1.66. The summed E-state index contributed by atoms with van der Waals surface area (Å²) in [6.45, 7) is 3.85. The molecule has 0 saturated heterocycles. The van der Waals surface area contributed by atoms with Crippen LogP contribution in [0.15, 0.2) is 28.7 Å². The highest BCUT2D eigenvalue weighted by Crippen LogP contribution is 2.26. The maximum absolute atomic E-state index is 5.36. The van der Waals surface area contributed by atoms with Crippen LogP contribution in [0.5, 0.6) is 0 Å². The Bertz CT molecular complexity index is 570. The summed E-state index contributed by atoms with van der Waals surface area (Å²) >= 11 is 3.50. The number of hydrogen-bond acceptors (Lipinski definition) is 5. The van der Waals surface area contributed by atoms with Gasteiger partial charge in [0.2, 0.25) is 0 Å². The Morgan fingerprint density at radius 3 is 2.61 bits per heavy atom. The van der Waals surface area contributed by atoms with Gasteiger partial charge in [-0.2, -0.15) is 0 Å². The van der Waals surface area contributed by atoms with E-state index in [1.807, 2.05) is 32.0 Å². The Morgan fingerprint density at radius 1 is 1.17 bits per heavy atom. The van der Waals surface area contributed by atoms with Gasteiger partial charge in [-0.05, 0) is 31.5 Å². The van der Waals surface area contributed by atoms with Gasteiger partial charge in [-0.15, -0.1) is 0 Å². The fourth-order valence-corrected chi connectivity index (χ4v) is 1.95. The van der Waals surface area contributed by atoms with Crippen LogP contribution < -0.4 is 16.6 Å². The number of hydrogen-bond donors (Lipinski definition) is 3. The predicted octanol–water partition coefficient (Wildman–Crippen LogP) is 2.89. The molecule has 0 aliphatic heterocycles. The van der Waals surface area contributed by atoms with Crippen molar-refractivity contribution in [3.63, 3.8) is 0 Å². The second-order valence-electron chi connectivity index (χ2n) is 3.87. The first kappa shape index (κ1) is 12.8. The lowest BCUT2D eigenvalue weighted by Gasteiger charge is -2.11. The van der Waals surface area contributed by atoms with Crippen LogP contribution in [0, 0.1) is 13.8 Å². The van der Waals surface area contributed by atoms with Gasteiger partial charge in [0.15, 0.2) is 0 Å². The first-order valence-electron chi connectivity index (χ1n) is 5.44. The van der Waals surface area contributed by atoms with E-state index in [2.05, 4.69) is 36.6 Å². The lowest BCUT2D eigenvalue weighted by atomic mass is 10.2. The molecule has 0 amide bonds. The zero-order valence-electron chi connectivity index (χ0n) is 10.2. The molecule has 0 aliphatic carbocycles. The first-order valence-corrected chi connectivity index (χ1v) is 6.24. The van der Waals surface area contributed by atoms with Crippen LogP contribution in [-0.4, -0.2) is 9.97 Å². The molecule has 2 rings (SSSR count). The average Bonchev–Trinajstić information content (AvgIpc) is 2.34. The molecule has 0 atom stereocenters. The minimum absolute atomic E-state index is 0.581. The Labute approximate surface area is 114 Å². The number of benzene rings is 1. The molecule has 6 heteroatoms. The van der Waals surface area contributed by atoms with Crippen LogP contribution in [0.2, 0.25) is 0 Å². The fraction of sp³-hybridized carbons (Fsp3) is 0.167. The third kappa shape index (κ3) is 2.77. The van der Waals surface area contributed by atoms with E-state index in [-0.39, 0.29) is 0 Å². The maximum atomic E-state index is 5.36. The van der Waals surface area contributed by atoms with Crippen LogP contribution in [0.25, 0.3) is 0 Å². The van der Waals surface area contributed by atoms with Crippen molar-refractivity contribution in [1.29, 1.82) is 0 Å². The number of nitrogens with zero attached hydrogens (tertiary/aromatic N) is 2. The lowest BCUT2D eigenvalue weighted by molar-refractivity contribution is 1.05. The predicted molar refractivity (Wildman–Crippen MR) is 76.7 cm³/mol. The Balaban J connectivity index is 2.34. The van der Waals surface area contributed by atoms with Gasteiger partial charge in [-0.3, -0.25) is 0 Å². The maximum Gasteiger partial charge on any atom is 0.145 e. The number of nitrogens with two attached hydrogens (primary N) is 1. The van der Waals surface area contributed by atoms with E-state index >= 15 is 0 Å². The van der Waals surface area contributed by atoms with E-state index in [1.165, 1.54) is 0 Å². The quantitative estimate of drug-likeness (QED) is 0.600. The van der Waals surface area contributed by atoms with Crippen LogP contribution >= 0.6 is 15.9 Å². The number of anilines is 3. The zero-order chi connectivity index (χ0) is 13.1. The van der Waals surface area contributed by atoms with Gasteiger partial charge in [0, 0.05) is 16.2 Å². The van der Waals surface area contributed by atoms with Crippen molar-refractivity contribution in [1.82, 2.24) is 9.97 Å². The van der Waals surface area contributed by atoms with Gasteiger partial charge in [0.05, 0.1) is 0 Å². The Morgan fingerprint density at radius 2 is 1.89 bits per heavy atom. The van der Waals surface area contributed by atoms with Crippen molar-refractivity contribution in [2.24, 2.45) is 5.84 Å². The van der Waals surface area contributed by atoms with Gasteiger partial charge >= 0.3 is 0 Å². The number of aryl methyl sites for hydroxylation is 1. The molecule has 0 spiro atoms. The van der Waals surface area contributed by atoms with Crippen molar-refractivity contribution in [3.8, 4) is 0 Å². The van der Waals surface area contributed by atoms with E-state index in [4.69, 9.17) is 5.84 Å². The molecule has 94 valence electrons. The molecular formula is C12H14BrN5. The highest BCUT2D eigenvalue weighted by molar-refractivity contribution is 9.10. The number of rotatable bonds is 3. The molecule has 0 radical (unpaired) electrons. The summed E-state index contributed by atoms with van der Waals surface area (Å²) in [5, 5.41) is 3.25. The normalized spacial score (nSPS) is 10.2. The topological polar surface area (TPSA) is 75.9 Å². The SMILES string of the molecule is Cc1nc(NN)cc(Nc2cccc(Br)c2C)n1. The van der Waals surface area contributed by atoms with E-state index in [1.54, 1.807) is 6.07 Å². The summed E-state index contributed by atoms with van der Waals surface area (Å²) in [6, 6.07) is 7.72. The monoisotopic (exact) mass is 307 g/mol. The van der Waals surface area contributed by atoms with Crippen molar-refractivity contribution >= 4 is 33.3 Å². The number of nitrogen functional groups attached to an aromatic ring is 1. The van der Waals surface area contributed by atoms with Gasteiger partial charge < -0.3 is 10.7 Å². The van der Waals surface area contributed by atoms with Crippen molar-refractivity contribution < 1.29 is 0 Å². The first-order chi connectivity index (χ1) is 8.60. The van der Waals surface area contributed by atoms with Gasteiger partial charge in [0.1, 0.15) is 17.5 Å². The number of nitrogens with one attached hydrogen (secondary N) is 2. The van der Waals surface area contributed by atoms with E-state index in [9.17, 15) is 0 Å². The summed E-state index contributed by atoms with van der Waals surface area (Å²) in [5.41, 5.74) is 4.63. The molecule has 4 N–H and O–H groups in total. The summed E-state index contributed by atoms with van der Waals surface area (Å²) in [6.07, 6.45) is 0. The minimum atomic E-state index is 0.581. The summed E-state index contributed by atoms with van der Waals surface area (Å²) in [7, 11) is 0. The van der Waals surface area contributed by atoms with Crippen LogP contribution in [0.1, 0.15) is 11.4 Å². The summed E-state index contributed by atoms with van der Waals surface area (Å²) in [5.74, 6) is 7.30. The van der Waals surface area contributed by atoms with E-state index in [0.717, 1.165) is 15.7 Å². The van der Waals surface area contributed by atoms with E-state index in [0.29, 0.717) is 17.5 Å². The fourth-order valence-electron chi connectivity index (χ4n) is 1.59. The molecule has 1 heterocycles. The van der Waals surface area contributed by atoms with Gasteiger partial charge in [-0.1, -0.05) is 22.0 Å². The number of hydrazine groups is 1. The lowest BCUT2D eigenvalue weighted by Crippen LogP contribution is -2.10. The second kappa shape index (κ2) is 5.32. The molecule has 18 heavy (non-hydrogen) atoms. The highest BCUT2D eigenvalue weighted by atomic mass is 79.9.